The van der Waals surface area contributed by atoms with Gasteiger partial charge in [0.05, 0.1) is 16.3 Å². The first kappa shape index (κ1) is 33.7. The Bertz CT molecular complexity index is 1850. The van der Waals surface area contributed by atoms with Crippen molar-refractivity contribution in [3.05, 3.63) is 93.8 Å². The summed E-state index contributed by atoms with van der Waals surface area (Å²) < 4.78 is 53.8. The number of carbonyl (C=O) groups is 4. The van der Waals surface area contributed by atoms with Gasteiger partial charge in [-0.2, -0.15) is 13.2 Å². The average molecular weight is 702 g/mol. The Kier molecular flexibility index (Phi) is 9.20. The topological polar surface area (TPSA) is 132 Å². The van der Waals surface area contributed by atoms with Gasteiger partial charge in [0.25, 0.3) is 11.8 Å². The molecule has 0 bridgehead atoms. The van der Waals surface area contributed by atoms with E-state index >= 15 is 0 Å². The number of rotatable bonds is 6. The van der Waals surface area contributed by atoms with Crippen LogP contribution in [0.15, 0.2) is 65.8 Å². The van der Waals surface area contributed by atoms with Crippen molar-refractivity contribution < 1.29 is 46.7 Å². The number of nitrogens with one attached hydrogen (secondary N) is 1. The smallest absolute Gasteiger partial charge is 0.471 e. The molecule has 11 nitrogen and oxygen atoms in total. The van der Waals surface area contributed by atoms with Crippen molar-refractivity contribution in [2.24, 2.45) is 5.16 Å². The van der Waals surface area contributed by atoms with Crippen molar-refractivity contribution in [2.75, 3.05) is 42.9 Å². The summed E-state index contributed by atoms with van der Waals surface area (Å²) in [4.78, 5) is 60.5. The highest BCUT2D eigenvalue weighted by Crippen LogP contribution is 2.38. The Hall–Kier alpha value is -5.18. The molecular weight excluding hydrogens is 674 g/mol. The van der Waals surface area contributed by atoms with Crippen LogP contribution in [0.1, 0.15) is 39.5 Å². The minimum absolute atomic E-state index is 0.00446. The highest BCUT2D eigenvalue weighted by molar-refractivity contribution is 6.31. The molecule has 2 atom stereocenters. The lowest BCUT2D eigenvalue weighted by atomic mass is 9.89. The summed E-state index contributed by atoms with van der Waals surface area (Å²) in [5.74, 6) is -4.96. The predicted octanol–water partition coefficient (Wildman–Crippen LogP) is 4.65. The number of anilines is 2. The summed E-state index contributed by atoms with van der Waals surface area (Å²) in [6.45, 7) is -0.0331. The van der Waals surface area contributed by atoms with Gasteiger partial charge in [0, 0.05) is 56.1 Å². The molecule has 2 N–H and O–H groups in total. The first-order chi connectivity index (χ1) is 23.3. The second-order valence-electron chi connectivity index (χ2n) is 11.6. The van der Waals surface area contributed by atoms with Crippen molar-refractivity contribution in [3.63, 3.8) is 0 Å². The van der Waals surface area contributed by atoms with Gasteiger partial charge in [-0.3, -0.25) is 14.4 Å². The Labute approximate surface area is 281 Å². The molecule has 3 aromatic rings. The van der Waals surface area contributed by atoms with E-state index in [9.17, 15) is 41.8 Å². The molecule has 49 heavy (non-hydrogen) atoms. The van der Waals surface area contributed by atoms with Gasteiger partial charge in [-0.05, 0) is 60.0 Å². The van der Waals surface area contributed by atoms with Gasteiger partial charge < -0.3 is 30.0 Å². The third-order valence-electron chi connectivity index (χ3n) is 8.68. The van der Waals surface area contributed by atoms with E-state index in [-0.39, 0.29) is 73.1 Å². The molecule has 16 heteroatoms. The van der Waals surface area contributed by atoms with Gasteiger partial charge in [-0.1, -0.05) is 35.0 Å². The minimum atomic E-state index is -4.98. The van der Waals surface area contributed by atoms with Crippen LogP contribution in [0, 0.1) is 5.82 Å². The summed E-state index contributed by atoms with van der Waals surface area (Å²) in [6.07, 6.45) is -5.97. The van der Waals surface area contributed by atoms with Crippen LogP contribution >= 0.6 is 11.6 Å². The fourth-order valence-corrected chi connectivity index (χ4v) is 6.46. The number of oxime groups is 1. The summed E-state index contributed by atoms with van der Waals surface area (Å²) >= 11 is 5.93. The molecule has 0 saturated carbocycles. The third kappa shape index (κ3) is 6.75. The first-order valence-electron chi connectivity index (χ1n) is 15.2. The maximum absolute atomic E-state index is 14.7. The van der Waals surface area contributed by atoms with Gasteiger partial charge in [-0.25, -0.2) is 9.18 Å². The van der Waals surface area contributed by atoms with Crippen molar-refractivity contribution >= 4 is 52.4 Å². The van der Waals surface area contributed by atoms with Crippen LogP contribution in [0.4, 0.5) is 28.9 Å². The Morgan fingerprint density at radius 3 is 2.31 bits per heavy atom. The molecule has 1 fully saturated rings. The van der Waals surface area contributed by atoms with Crippen molar-refractivity contribution in [1.82, 2.24) is 9.80 Å². The molecule has 3 amide bonds. The number of hydrogen-bond acceptors (Lipinski definition) is 7. The maximum Gasteiger partial charge on any atom is 0.471 e. The number of hydrogen-bond donors (Lipinski definition) is 2. The molecule has 256 valence electrons. The Morgan fingerprint density at radius 1 is 0.939 bits per heavy atom. The lowest BCUT2D eigenvalue weighted by Gasteiger charge is -2.41. The van der Waals surface area contributed by atoms with E-state index in [4.69, 9.17) is 16.4 Å². The van der Waals surface area contributed by atoms with Gasteiger partial charge >= 0.3 is 18.1 Å². The zero-order valence-corrected chi connectivity index (χ0v) is 26.3. The van der Waals surface area contributed by atoms with Crippen LogP contribution in [0.25, 0.3) is 0 Å². The number of piperazine rings is 1. The summed E-state index contributed by atoms with van der Waals surface area (Å²) in [5, 5.41) is 15.8. The lowest BCUT2D eigenvalue weighted by molar-refractivity contribution is -0.185. The molecule has 0 aromatic heterocycles. The molecule has 3 heterocycles. The quantitative estimate of drug-likeness (QED) is 0.358. The molecule has 3 aliphatic heterocycles. The monoisotopic (exact) mass is 701 g/mol. The van der Waals surface area contributed by atoms with Crippen LogP contribution in [-0.4, -0.2) is 89.3 Å². The van der Waals surface area contributed by atoms with Crippen molar-refractivity contribution in [2.45, 2.75) is 31.2 Å². The molecule has 0 spiro atoms. The molecule has 0 unspecified atom stereocenters. The van der Waals surface area contributed by atoms with E-state index in [0.29, 0.717) is 16.8 Å². The Morgan fingerprint density at radius 2 is 1.63 bits per heavy atom. The SMILES string of the molecule is O=C(O)c1ccc(NC(=O)[C@@H]2c3cccc(N4CCN(C(=O)C(F)(F)F)CC4)c3CCN2C(=O)[C@H]2CC(c3cccc(Cl)c3F)=NO2)cc1. The zero-order chi connectivity index (χ0) is 35.0. The van der Waals surface area contributed by atoms with Crippen LogP contribution < -0.4 is 10.2 Å². The zero-order valence-electron chi connectivity index (χ0n) is 25.5. The van der Waals surface area contributed by atoms with E-state index in [1.807, 2.05) is 4.90 Å². The van der Waals surface area contributed by atoms with Gasteiger partial charge in [0.1, 0.15) is 6.04 Å². The fourth-order valence-electron chi connectivity index (χ4n) is 6.28. The molecular formula is C33H28ClF4N5O6. The van der Waals surface area contributed by atoms with Crippen LogP contribution in [0.2, 0.25) is 5.02 Å². The third-order valence-corrected chi connectivity index (χ3v) is 8.98. The normalized spacial score (nSPS) is 19.1. The first-order valence-corrected chi connectivity index (χ1v) is 15.6. The standard InChI is InChI=1S/C33H28ClF4N5O6/c34-23-5-1-4-22(27(23)35)24-17-26(49-40-24)30(45)43-12-11-20-21(28(43)29(44)39-19-9-7-18(8-10-19)31(46)47)3-2-6-25(20)41-13-15-42(16-14-41)32(48)33(36,37)38/h1-10,26,28H,11-17H2,(H,39,44)(H,46,47)/t26-,28+/m1/s1. The van der Waals surface area contributed by atoms with E-state index in [1.165, 1.54) is 47.4 Å². The van der Waals surface area contributed by atoms with E-state index < -0.39 is 47.8 Å². The highest BCUT2D eigenvalue weighted by atomic mass is 35.5. The predicted molar refractivity (Wildman–Crippen MR) is 169 cm³/mol. The Balaban J connectivity index is 1.28. The number of carbonyl (C=O) groups excluding carboxylic acids is 3. The van der Waals surface area contributed by atoms with Crippen LogP contribution in [-0.2, 0) is 25.6 Å². The number of carboxylic acid groups (broad SMARTS) is 1. The van der Waals surface area contributed by atoms with Crippen molar-refractivity contribution in [3.8, 4) is 0 Å². The number of alkyl halides is 3. The average Bonchev–Trinajstić information content (AvgIpc) is 3.58. The summed E-state index contributed by atoms with van der Waals surface area (Å²) in [7, 11) is 0. The molecule has 0 radical (unpaired) electrons. The highest BCUT2D eigenvalue weighted by Gasteiger charge is 2.45. The van der Waals surface area contributed by atoms with Crippen LogP contribution in [0.3, 0.4) is 0 Å². The number of fused-ring (bicyclic) bond motifs is 1. The van der Waals surface area contributed by atoms with Crippen molar-refractivity contribution in [1.29, 1.82) is 0 Å². The number of halogens is 5. The number of benzene rings is 3. The fraction of sp³-hybridized carbons (Fsp3) is 0.303. The van der Waals surface area contributed by atoms with E-state index in [1.54, 1.807) is 18.2 Å². The summed E-state index contributed by atoms with van der Waals surface area (Å²) in [6, 6.07) is 13.7. The summed E-state index contributed by atoms with van der Waals surface area (Å²) in [5.41, 5.74) is 2.35. The number of amides is 3. The molecule has 0 aliphatic carbocycles. The van der Waals surface area contributed by atoms with Gasteiger partial charge in [0.15, 0.2) is 5.82 Å². The van der Waals surface area contributed by atoms with Gasteiger partial charge in [0.2, 0.25) is 6.10 Å². The van der Waals surface area contributed by atoms with Crippen LogP contribution in [0.5, 0.6) is 0 Å². The lowest BCUT2D eigenvalue weighted by Crippen LogP contribution is -2.53. The number of aromatic carboxylic acids is 1. The second kappa shape index (κ2) is 13.4. The van der Waals surface area contributed by atoms with E-state index in [0.717, 1.165) is 4.90 Å². The van der Waals surface area contributed by atoms with Gasteiger partial charge in [-0.15, -0.1) is 0 Å². The number of carboxylic acids is 1. The van der Waals surface area contributed by atoms with E-state index in [2.05, 4.69) is 10.5 Å². The number of nitrogens with zero attached hydrogens (tertiary/aromatic N) is 4. The maximum atomic E-state index is 14.7. The molecule has 1 saturated heterocycles. The second-order valence-corrected chi connectivity index (χ2v) is 12.0. The minimum Gasteiger partial charge on any atom is -0.478 e. The molecule has 3 aromatic carbocycles. The molecule has 6 rings (SSSR count). The largest absolute Gasteiger partial charge is 0.478 e. The molecule has 3 aliphatic rings.